The summed E-state index contributed by atoms with van der Waals surface area (Å²) in [6.45, 7) is 0. The molecule has 0 aliphatic carbocycles. The minimum Gasteiger partial charge on any atom is -1.00 e. The van der Waals surface area contributed by atoms with Gasteiger partial charge >= 0.3 is 55.3 Å². The zero-order valence-electron chi connectivity index (χ0n) is 28.2. The Hall–Kier alpha value is -2.29. The normalized spacial score (nSPS) is 8.89. The summed E-state index contributed by atoms with van der Waals surface area (Å²) in [6, 6.07) is 26.9. The molecule has 4 amide bonds. The molecular formula is C36H28Hg2I4N8O4. The third-order valence-electron chi connectivity index (χ3n) is 6.45. The molecule has 268 valence electrons. The van der Waals surface area contributed by atoms with Gasteiger partial charge in [0.1, 0.15) is 0 Å². The molecule has 0 saturated heterocycles. The second-order valence-corrected chi connectivity index (χ2v) is 9.94. The number of carbonyl (C=O) groups is 4. The molecule has 0 aliphatic heterocycles. The number of hydrogen-bond donors (Lipinski definition) is 4. The number of rotatable bonds is 8. The number of carbonyl (C=O) groups excluding carboxylic acids is 4. The van der Waals surface area contributed by atoms with Gasteiger partial charge in [0.05, 0.1) is 47.5 Å². The number of hydrogen-bond acceptors (Lipinski definition) is 8. The smallest absolute Gasteiger partial charge is 1.00 e. The van der Waals surface area contributed by atoms with E-state index in [1.165, 1.54) is 12.1 Å². The van der Waals surface area contributed by atoms with Gasteiger partial charge in [0.2, 0.25) is 0 Å². The van der Waals surface area contributed by atoms with E-state index in [2.05, 4.69) is 41.2 Å². The Labute approximate surface area is 421 Å². The number of pyridine rings is 4. The van der Waals surface area contributed by atoms with Gasteiger partial charge in [-0.1, -0.05) is 12.1 Å². The van der Waals surface area contributed by atoms with E-state index in [0.29, 0.717) is 45.0 Å². The number of nitrogens with zero attached hydrogens (tertiary/aromatic N) is 4. The first-order valence-corrected chi connectivity index (χ1v) is 14.5. The van der Waals surface area contributed by atoms with Crippen molar-refractivity contribution >= 4 is 46.4 Å². The predicted octanol–water partition coefficient (Wildman–Crippen LogP) is -6.03. The first-order chi connectivity index (χ1) is 23.4. The average molecular weight is 1550 g/mol. The summed E-state index contributed by atoms with van der Waals surface area (Å²) in [5, 5.41) is 10.9. The molecule has 54 heavy (non-hydrogen) atoms. The Bertz CT molecular complexity index is 1740. The van der Waals surface area contributed by atoms with E-state index in [1.807, 2.05) is 0 Å². The van der Waals surface area contributed by atoms with Crippen molar-refractivity contribution in [3.63, 3.8) is 0 Å². The number of aromatic nitrogens is 4. The molecule has 0 spiro atoms. The SMILES string of the molecule is O=C(Nc1cccnc1)c1cccc(C(=O)Nc2cccnc2)c1.O=C(Nc1cccnc1)c1cccc(C(=O)Nc2cccnc2)c1.[Hg+2].[Hg+2].[I-].[I-].[I-].[I-]. The summed E-state index contributed by atoms with van der Waals surface area (Å²) in [5.74, 6) is -1.23. The van der Waals surface area contributed by atoms with Crippen LogP contribution in [0, 0.1) is 0 Å². The number of benzene rings is 2. The summed E-state index contributed by atoms with van der Waals surface area (Å²) in [7, 11) is 0. The molecule has 18 heteroatoms. The van der Waals surface area contributed by atoms with Crippen LogP contribution in [0.5, 0.6) is 0 Å². The van der Waals surface area contributed by atoms with Crippen molar-refractivity contribution < 1.29 is 170 Å². The summed E-state index contributed by atoms with van der Waals surface area (Å²) in [5.41, 5.74) is 3.91. The molecule has 0 bridgehead atoms. The predicted molar refractivity (Wildman–Crippen MR) is 182 cm³/mol. The van der Waals surface area contributed by atoms with Crippen LogP contribution in [-0.4, -0.2) is 43.6 Å². The number of halogens is 4. The number of amides is 4. The topological polar surface area (TPSA) is 168 Å². The van der Waals surface area contributed by atoms with Crippen LogP contribution >= 0.6 is 0 Å². The van der Waals surface area contributed by atoms with E-state index >= 15 is 0 Å². The van der Waals surface area contributed by atoms with Gasteiger partial charge in [0.15, 0.2) is 0 Å². The van der Waals surface area contributed by atoms with E-state index in [9.17, 15) is 19.2 Å². The Kier molecular flexibility index (Phi) is 28.9. The van der Waals surface area contributed by atoms with Crippen molar-refractivity contribution in [1.82, 2.24) is 19.9 Å². The van der Waals surface area contributed by atoms with Crippen molar-refractivity contribution in [2.45, 2.75) is 0 Å². The Balaban J connectivity index is 0. The quantitative estimate of drug-likeness (QED) is 0.0865. The molecule has 0 saturated carbocycles. The molecule has 4 heterocycles. The van der Waals surface area contributed by atoms with Gasteiger partial charge in [-0.15, -0.1) is 0 Å². The molecule has 4 N–H and O–H groups in total. The van der Waals surface area contributed by atoms with Crippen LogP contribution in [0.25, 0.3) is 0 Å². The zero-order valence-corrected chi connectivity index (χ0v) is 47.8. The van der Waals surface area contributed by atoms with Crippen molar-refractivity contribution in [2.75, 3.05) is 21.3 Å². The van der Waals surface area contributed by atoms with Crippen molar-refractivity contribution in [1.29, 1.82) is 0 Å². The third-order valence-corrected chi connectivity index (χ3v) is 6.45. The molecule has 0 fully saturated rings. The van der Waals surface area contributed by atoms with Gasteiger partial charge in [0, 0.05) is 47.0 Å². The molecular weight excluding hydrogens is 1520 g/mol. The Morgan fingerprint density at radius 2 is 0.574 bits per heavy atom. The maximum atomic E-state index is 12.3. The average Bonchev–Trinajstić information content (AvgIpc) is 3.13. The molecule has 0 radical (unpaired) electrons. The summed E-state index contributed by atoms with van der Waals surface area (Å²) < 4.78 is 0. The van der Waals surface area contributed by atoms with Gasteiger partial charge in [0.25, 0.3) is 23.6 Å². The zero-order chi connectivity index (χ0) is 33.6. The molecule has 12 nitrogen and oxygen atoms in total. The minimum atomic E-state index is -0.306. The van der Waals surface area contributed by atoms with E-state index < -0.39 is 0 Å². The maximum Gasteiger partial charge on any atom is 2.00 e. The van der Waals surface area contributed by atoms with Gasteiger partial charge in [-0.25, -0.2) is 0 Å². The van der Waals surface area contributed by atoms with E-state index in [-0.39, 0.29) is 175 Å². The van der Waals surface area contributed by atoms with Gasteiger partial charge in [-0.05, 0) is 84.9 Å². The molecule has 4 aromatic heterocycles. The number of anilines is 4. The monoisotopic (exact) mass is 1550 g/mol. The molecule has 2 aromatic carbocycles. The second-order valence-electron chi connectivity index (χ2n) is 9.94. The molecule has 6 rings (SSSR count). The minimum absolute atomic E-state index is 0. The standard InChI is InChI=1S/2C18H14N4O2.2Hg.4HI/c2*23-17(21-15-6-2-8-19-11-15)13-4-1-5-14(10-13)18(24)22-16-7-3-9-20-12-16;;;;;;/h2*1-12H,(H,21,23)(H,22,24);;;4*1H/q;;2*+2;;;;/p-4. The van der Waals surface area contributed by atoms with Crippen molar-refractivity contribution in [2.24, 2.45) is 0 Å². The first-order valence-electron chi connectivity index (χ1n) is 14.5. The van der Waals surface area contributed by atoms with E-state index in [4.69, 9.17) is 0 Å². The van der Waals surface area contributed by atoms with Crippen LogP contribution in [-0.2, 0) is 55.3 Å². The largest absolute Gasteiger partial charge is 2.00 e. The van der Waals surface area contributed by atoms with Gasteiger partial charge in [-0.2, -0.15) is 0 Å². The molecule has 6 aromatic rings. The van der Waals surface area contributed by atoms with Crippen LogP contribution < -0.4 is 117 Å². The fourth-order valence-electron chi connectivity index (χ4n) is 4.16. The Morgan fingerprint density at radius 1 is 0.352 bits per heavy atom. The summed E-state index contributed by atoms with van der Waals surface area (Å²) in [6.07, 6.45) is 12.7. The van der Waals surface area contributed by atoms with Crippen molar-refractivity contribution in [3.05, 3.63) is 169 Å². The third kappa shape index (κ3) is 17.7. The molecule has 0 aliphatic rings. The van der Waals surface area contributed by atoms with E-state index in [0.717, 1.165) is 0 Å². The first kappa shape index (κ1) is 53.8. The van der Waals surface area contributed by atoms with Gasteiger partial charge < -0.3 is 117 Å². The summed E-state index contributed by atoms with van der Waals surface area (Å²) in [4.78, 5) is 64.8. The second kappa shape index (κ2) is 29.0. The van der Waals surface area contributed by atoms with Crippen LogP contribution in [0.2, 0.25) is 0 Å². The van der Waals surface area contributed by atoms with Crippen molar-refractivity contribution in [3.8, 4) is 0 Å². The number of nitrogens with one attached hydrogen (secondary N) is 4. The summed E-state index contributed by atoms with van der Waals surface area (Å²) >= 11 is 0. The van der Waals surface area contributed by atoms with Gasteiger partial charge in [-0.3, -0.25) is 39.1 Å². The maximum absolute atomic E-state index is 12.3. The van der Waals surface area contributed by atoms with Crippen LogP contribution in [0.15, 0.2) is 147 Å². The molecule has 0 atom stereocenters. The van der Waals surface area contributed by atoms with Crippen LogP contribution in [0.1, 0.15) is 41.4 Å². The van der Waals surface area contributed by atoms with Crippen LogP contribution in [0.4, 0.5) is 22.7 Å². The fraction of sp³-hybridized carbons (Fsp3) is 0. The molecule has 0 unspecified atom stereocenters. The van der Waals surface area contributed by atoms with Crippen LogP contribution in [0.3, 0.4) is 0 Å². The Morgan fingerprint density at radius 3 is 0.759 bits per heavy atom. The fourth-order valence-corrected chi connectivity index (χ4v) is 4.16. The van der Waals surface area contributed by atoms with E-state index in [1.54, 1.807) is 135 Å².